The number of hydrogen-bond donors (Lipinski definition) is 2. The number of anilines is 1. The zero-order chi connectivity index (χ0) is 12.3. The van der Waals surface area contributed by atoms with Gasteiger partial charge in [0.15, 0.2) is 5.16 Å². The van der Waals surface area contributed by atoms with Crippen LogP contribution in [0.15, 0.2) is 33.4 Å². The Balaban J connectivity index is 2.27. The molecule has 2 rings (SSSR count). The van der Waals surface area contributed by atoms with Gasteiger partial charge in [-0.3, -0.25) is 4.79 Å². The maximum absolute atomic E-state index is 11.3. The van der Waals surface area contributed by atoms with Crippen LogP contribution in [0.4, 0.5) is 5.82 Å². The minimum absolute atomic E-state index is 0.164. The van der Waals surface area contributed by atoms with Gasteiger partial charge in [-0.2, -0.15) is 0 Å². The van der Waals surface area contributed by atoms with Crippen molar-refractivity contribution in [3.8, 4) is 0 Å². The van der Waals surface area contributed by atoms with Crippen LogP contribution < -0.4 is 10.9 Å². The van der Waals surface area contributed by atoms with E-state index in [2.05, 4.69) is 25.3 Å². The van der Waals surface area contributed by atoms with E-state index in [4.69, 9.17) is 0 Å². The number of hydrogen-bond acceptors (Lipinski definition) is 6. The number of nitrogens with zero attached hydrogens (tertiary/aromatic N) is 3. The highest BCUT2D eigenvalue weighted by Crippen LogP contribution is 2.22. The first-order valence-electron chi connectivity index (χ1n) is 4.93. The molecular weight excluding hydrogens is 238 g/mol. The molecule has 0 radical (unpaired) electrons. The first-order valence-corrected chi connectivity index (χ1v) is 5.74. The van der Waals surface area contributed by atoms with Crippen LogP contribution in [0.25, 0.3) is 0 Å². The van der Waals surface area contributed by atoms with E-state index >= 15 is 0 Å². The molecule has 6 nitrogen and oxygen atoms in total. The molecule has 0 aromatic carbocycles. The SMILES string of the molecule is CNc1cc(Sc2nc(C)cc(=O)[nH]2)ncn1. The fraction of sp³-hybridized carbons (Fsp3) is 0.200. The van der Waals surface area contributed by atoms with E-state index in [0.29, 0.717) is 10.9 Å². The first-order chi connectivity index (χ1) is 8.17. The Morgan fingerprint density at radius 2 is 2.18 bits per heavy atom. The molecule has 2 N–H and O–H groups in total. The van der Waals surface area contributed by atoms with Crippen molar-refractivity contribution >= 4 is 17.6 Å². The number of nitrogens with one attached hydrogen (secondary N) is 2. The molecule has 0 atom stereocenters. The average Bonchev–Trinajstić information content (AvgIpc) is 2.28. The Morgan fingerprint density at radius 1 is 1.35 bits per heavy atom. The summed E-state index contributed by atoms with van der Waals surface area (Å²) >= 11 is 1.29. The molecular formula is C10H11N5OS. The topological polar surface area (TPSA) is 83.6 Å². The molecule has 0 unspecified atom stereocenters. The van der Waals surface area contributed by atoms with Crippen LogP contribution >= 0.6 is 11.8 Å². The van der Waals surface area contributed by atoms with E-state index in [-0.39, 0.29) is 5.56 Å². The van der Waals surface area contributed by atoms with Gasteiger partial charge in [0, 0.05) is 24.9 Å². The van der Waals surface area contributed by atoms with Gasteiger partial charge in [-0.05, 0) is 18.7 Å². The van der Waals surface area contributed by atoms with Crippen LogP contribution in [0.1, 0.15) is 5.69 Å². The standard InChI is InChI=1S/C10H11N5OS/c1-6-3-8(16)15-10(14-6)17-9-4-7(11-2)12-5-13-9/h3-5H,1-2H3,(H,11,12,13)(H,14,15,16). The van der Waals surface area contributed by atoms with Crippen LogP contribution in [0.2, 0.25) is 0 Å². The van der Waals surface area contributed by atoms with Crippen LogP contribution in [-0.4, -0.2) is 27.0 Å². The summed E-state index contributed by atoms with van der Waals surface area (Å²) in [7, 11) is 1.78. The molecule has 0 aliphatic carbocycles. The summed E-state index contributed by atoms with van der Waals surface area (Å²) in [5.74, 6) is 0.720. The summed E-state index contributed by atoms with van der Waals surface area (Å²) in [5.41, 5.74) is 0.516. The number of aromatic amines is 1. The Morgan fingerprint density at radius 3 is 2.88 bits per heavy atom. The second kappa shape index (κ2) is 4.96. The van der Waals surface area contributed by atoms with Crippen molar-refractivity contribution in [2.75, 3.05) is 12.4 Å². The van der Waals surface area contributed by atoms with E-state index < -0.39 is 0 Å². The molecule has 0 amide bonds. The molecule has 0 aliphatic heterocycles. The third kappa shape index (κ3) is 3.04. The average molecular weight is 249 g/mol. The van der Waals surface area contributed by atoms with Gasteiger partial charge in [-0.25, -0.2) is 15.0 Å². The Labute approximate surface area is 102 Å². The number of H-pyrrole nitrogens is 1. The largest absolute Gasteiger partial charge is 0.373 e. The van der Waals surface area contributed by atoms with Crippen molar-refractivity contribution in [2.45, 2.75) is 17.1 Å². The maximum atomic E-state index is 11.3. The summed E-state index contributed by atoms with van der Waals surface area (Å²) < 4.78 is 0. The van der Waals surface area contributed by atoms with E-state index in [1.165, 1.54) is 24.2 Å². The van der Waals surface area contributed by atoms with Crippen LogP contribution in [0.3, 0.4) is 0 Å². The Kier molecular flexibility index (Phi) is 3.38. The smallest absolute Gasteiger partial charge is 0.251 e. The predicted octanol–water partition coefficient (Wildman–Crippen LogP) is 1.06. The zero-order valence-corrected chi connectivity index (χ0v) is 10.2. The van der Waals surface area contributed by atoms with Gasteiger partial charge in [0.05, 0.1) is 0 Å². The predicted molar refractivity (Wildman–Crippen MR) is 65.3 cm³/mol. The lowest BCUT2D eigenvalue weighted by atomic mass is 10.5. The lowest BCUT2D eigenvalue weighted by Crippen LogP contribution is -2.08. The molecule has 88 valence electrons. The minimum Gasteiger partial charge on any atom is -0.373 e. The zero-order valence-electron chi connectivity index (χ0n) is 9.39. The number of rotatable bonds is 3. The Bertz CT molecular complexity index is 583. The van der Waals surface area contributed by atoms with Gasteiger partial charge in [0.2, 0.25) is 0 Å². The van der Waals surface area contributed by atoms with Crippen LogP contribution in [0, 0.1) is 6.92 Å². The fourth-order valence-electron chi connectivity index (χ4n) is 1.23. The second-order valence-corrected chi connectivity index (χ2v) is 4.29. The molecule has 0 aliphatic rings. The van der Waals surface area contributed by atoms with Gasteiger partial charge >= 0.3 is 0 Å². The van der Waals surface area contributed by atoms with Gasteiger partial charge in [0.25, 0.3) is 5.56 Å². The molecule has 2 aromatic rings. The summed E-state index contributed by atoms with van der Waals surface area (Å²) in [6.45, 7) is 1.78. The summed E-state index contributed by atoms with van der Waals surface area (Å²) in [5, 5.41) is 4.16. The van der Waals surface area contributed by atoms with E-state index in [1.54, 1.807) is 20.0 Å². The fourth-order valence-corrected chi connectivity index (χ4v) is 2.04. The summed E-state index contributed by atoms with van der Waals surface area (Å²) in [6.07, 6.45) is 1.46. The lowest BCUT2D eigenvalue weighted by Gasteiger charge is -2.02. The molecule has 0 fully saturated rings. The summed E-state index contributed by atoms with van der Waals surface area (Å²) in [6, 6.07) is 3.23. The lowest BCUT2D eigenvalue weighted by molar-refractivity contribution is 0.900. The van der Waals surface area contributed by atoms with Crippen molar-refractivity contribution in [3.63, 3.8) is 0 Å². The van der Waals surface area contributed by atoms with Crippen molar-refractivity contribution in [3.05, 3.63) is 34.5 Å². The molecule has 0 saturated heterocycles. The number of aryl methyl sites for hydroxylation is 1. The third-order valence-electron chi connectivity index (χ3n) is 1.95. The second-order valence-electron chi connectivity index (χ2n) is 3.29. The molecule has 2 heterocycles. The highest BCUT2D eigenvalue weighted by Gasteiger charge is 2.03. The molecule has 7 heteroatoms. The molecule has 0 saturated carbocycles. The van der Waals surface area contributed by atoms with Crippen molar-refractivity contribution in [2.24, 2.45) is 0 Å². The quantitative estimate of drug-likeness (QED) is 0.625. The first kappa shape index (κ1) is 11.6. The molecule has 0 bridgehead atoms. The monoisotopic (exact) mass is 249 g/mol. The molecule has 2 aromatic heterocycles. The summed E-state index contributed by atoms with van der Waals surface area (Å²) in [4.78, 5) is 26.2. The van der Waals surface area contributed by atoms with Crippen molar-refractivity contribution in [1.29, 1.82) is 0 Å². The van der Waals surface area contributed by atoms with Crippen LogP contribution in [-0.2, 0) is 0 Å². The highest BCUT2D eigenvalue weighted by atomic mass is 32.2. The van der Waals surface area contributed by atoms with Gasteiger partial charge in [0.1, 0.15) is 17.2 Å². The molecule has 0 spiro atoms. The Hall–Kier alpha value is -1.89. The molecule has 17 heavy (non-hydrogen) atoms. The maximum Gasteiger partial charge on any atom is 0.251 e. The number of aromatic nitrogens is 4. The van der Waals surface area contributed by atoms with Crippen LogP contribution in [0.5, 0.6) is 0 Å². The van der Waals surface area contributed by atoms with E-state index in [9.17, 15) is 4.79 Å². The highest BCUT2D eigenvalue weighted by molar-refractivity contribution is 7.99. The van der Waals surface area contributed by atoms with Gasteiger partial charge < -0.3 is 10.3 Å². The van der Waals surface area contributed by atoms with Crippen molar-refractivity contribution in [1.82, 2.24) is 19.9 Å². The normalized spacial score (nSPS) is 10.2. The minimum atomic E-state index is -0.164. The van der Waals surface area contributed by atoms with Gasteiger partial charge in [-0.15, -0.1) is 0 Å². The van der Waals surface area contributed by atoms with Gasteiger partial charge in [-0.1, -0.05) is 0 Å². The van der Waals surface area contributed by atoms with E-state index in [1.807, 2.05) is 0 Å². The van der Waals surface area contributed by atoms with E-state index in [0.717, 1.165) is 10.8 Å². The van der Waals surface area contributed by atoms with Crippen molar-refractivity contribution < 1.29 is 0 Å². The third-order valence-corrected chi connectivity index (χ3v) is 2.77.